The van der Waals surface area contributed by atoms with E-state index in [2.05, 4.69) is 19.9 Å². The number of carbonyl (C=O) groups excluding carboxylic acids is 1. The van der Waals surface area contributed by atoms with E-state index in [0.717, 1.165) is 12.8 Å². The largest absolute Gasteiger partial charge is 0.377 e. The van der Waals surface area contributed by atoms with Gasteiger partial charge in [0.1, 0.15) is 4.90 Å². The fourth-order valence-corrected chi connectivity index (χ4v) is 7.19. The molecule has 210 valence electrons. The van der Waals surface area contributed by atoms with Gasteiger partial charge in [0.2, 0.25) is 15.9 Å². The smallest absolute Gasteiger partial charge is 0.291 e. The highest BCUT2D eigenvalue weighted by atomic mass is 32.2. The van der Waals surface area contributed by atoms with Crippen molar-refractivity contribution in [3.05, 3.63) is 23.5 Å². The number of aromatic nitrogens is 4. The maximum atomic E-state index is 13.5. The summed E-state index contributed by atoms with van der Waals surface area (Å²) in [6.45, 7) is 7.75. The Hall–Kier alpha value is -2.75. The van der Waals surface area contributed by atoms with E-state index in [1.165, 1.54) is 6.20 Å². The van der Waals surface area contributed by atoms with E-state index in [0.29, 0.717) is 42.2 Å². The molecule has 2 aliphatic heterocycles. The zero-order valence-electron chi connectivity index (χ0n) is 21.7. The molecule has 0 radical (unpaired) electrons. The second kappa shape index (κ2) is 9.14. The number of nitrogens with one attached hydrogen (secondary N) is 1. The van der Waals surface area contributed by atoms with Crippen molar-refractivity contribution in [3.8, 4) is 10.8 Å². The lowest BCUT2D eigenvalue weighted by molar-refractivity contribution is -0.138. The summed E-state index contributed by atoms with van der Waals surface area (Å²) in [5.41, 5.74) is 0.208. The fourth-order valence-electron chi connectivity index (χ4n) is 5.10. The molecule has 5 heterocycles. The number of amides is 1. The Morgan fingerprint density at radius 3 is 2.56 bits per heavy atom. The molecule has 1 saturated carbocycles. The SMILES string of the molecule is C[C@@H]1CN(c2cc(S(=O)(=O)NC3(C)COC3)cn3c(-c4nnc(C(F)F)s4)ncc23)CCN1C(=O)C1(C)CC1. The van der Waals surface area contributed by atoms with E-state index in [4.69, 9.17) is 4.74 Å². The highest BCUT2D eigenvalue weighted by molar-refractivity contribution is 7.89. The lowest BCUT2D eigenvalue weighted by atomic mass is 10.0. The first-order valence-corrected chi connectivity index (χ1v) is 15.0. The Labute approximate surface area is 228 Å². The molecule has 2 saturated heterocycles. The van der Waals surface area contributed by atoms with Crippen LogP contribution in [0.3, 0.4) is 0 Å². The number of hydrogen-bond acceptors (Lipinski definition) is 9. The van der Waals surface area contributed by atoms with Gasteiger partial charge in [-0.1, -0.05) is 18.3 Å². The van der Waals surface area contributed by atoms with Crippen molar-refractivity contribution in [1.82, 2.24) is 29.2 Å². The van der Waals surface area contributed by atoms with Gasteiger partial charge in [-0.25, -0.2) is 26.9 Å². The molecule has 0 unspecified atom stereocenters. The van der Waals surface area contributed by atoms with E-state index in [1.807, 2.05) is 23.6 Å². The van der Waals surface area contributed by atoms with Gasteiger partial charge >= 0.3 is 0 Å². The number of imidazole rings is 1. The number of piperazine rings is 1. The molecular formula is C24H29F2N7O4S2. The quantitative estimate of drug-likeness (QED) is 0.452. The second-order valence-corrected chi connectivity index (χ2v) is 13.8. The summed E-state index contributed by atoms with van der Waals surface area (Å²) in [5, 5.41) is 7.16. The van der Waals surface area contributed by atoms with Crippen molar-refractivity contribution in [1.29, 1.82) is 0 Å². The molecule has 0 spiro atoms. The summed E-state index contributed by atoms with van der Waals surface area (Å²) in [6, 6.07) is 1.51. The summed E-state index contributed by atoms with van der Waals surface area (Å²) in [4.78, 5) is 21.4. The molecule has 3 aliphatic rings. The summed E-state index contributed by atoms with van der Waals surface area (Å²) < 4.78 is 62.9. The molecule has 15 heteroatoms. The lowest BCUT2D eigenvalue weighted by Crippen LogP contribution is -2.59. The van der Waals surface area contributed by atoms with Gasteiger partial charge in [-0.15, -0.1) is 10.2 Å². The minimum absolute atomic E-state index is 0.00683. The van der Waals surface area contributed by atoms with E-state index >= 15 is 0 Å². The number of alkyl halides is 2. The molecule has 6 rings (SSSR count). The number of hydrogen-bond donors (Lipinski definition) is 1. The number of pyridine rings is 1. The molecule has 11 nitrogen and oxygen atoms in total. The molecule has 3 aromatic rings. The van der Waals surface area contributed by atoms with Crippen molar-refractivity contribution in [2.75, 3.05) is 37.7 Å². The van der Waals surface area contributed by atoms with Crippen molar-refractivity contribution in [2.45, 2.75) is 56.5 Å². The maximum Gasteiger partial charge on any atom is 0.291 e. The fraction of sp³-hybridized carbons (Fsp3) is 0.583. The lowest BCUT2D eigenvalue weighted by Gasteiger charge is -2.42. The monoisotopic (exact) mass is 581 g/mol. The predicted molar refractivity (Wildman–Crippen MR) is 139 cm³/mol. The van der Waals surface area contributed by atoms with Crippen LogP contribution in [0.4, 0.5) is 14.5 Å². The summed E-state index contributed by atoms with van der Waals surface area (Å²) in [7, 11) is -3.99. The van der Waals surface area contributed by atoms with E-state index in [-0.39, 0.29) is 46.3 Å². The second-order valence-electron chi connectivity index (χ2n) is 11.2. The first-order chi connectivity index (χ1) is 18.4. The van der Waals surface area contributed by atoms with Gasteiger partial charge in [0.25, 0.3) is 6.43 Å². The molecule has 1 atom stereocenters. The number of fused-ring (bicyclic) bond motifs is 1. The van der Waals surface area contributed by atoms with Gasteiger partial charge < -0.3 is 14.5 Å². The number of rotatable bonds is 7. The topological polar surface area (TPSA) is 122 Å². The average molecular weight is 582 g/mol. The normalized spacial score (nSPS) is 22.4. The zero-order chi connectivity index (χ0) is 27.7. The van der Waals surface area contributed by atoms with Crippen LogP contribution in [0.5, 0.6) is 0 Å². The maximum absolute atomic E-state index is 13.5. The highest BCUT2D eigenvalue weighted by Gasteiger charge is 2.48. The third-order valence-corrected chi connectivity index (χ3v) is 10.2. The summed E-state index contributed by atoms with van der Waals surface area (Å²) in [6.07, 6.45) is 2.02. The molecule has 1 amide bonds. The Morgan fingerprint density at radius 2 is 1.97 bits per heavy atom. The minimum Gasteiger partial charge on any atom is -0.377 e. The van der Waals surface area contributed by atoms with Gasteiger partial charge in [-0.05, 0) is 32.8 Å². The van der Waals surface area contributed by atoms with E-state index in [9.17, 15) is 22.0 Å². The van der Waals surface area contributed by atoms with Crippen LogP contribution in [0.15, 0.2) is 23.4 Å². The Kier molecular flexibility index (Phi) is 6.21. The zero-order valence-corrected chi connectivity index (χ0v) is 23.4. The molecule has 0 aromatic carbocycles. The molecule has 1 aliphatic carbocycles. The first kappa shape index (κ1) is 26.5. The summed E-state index contributed by atoms with van der Waals surface area (Å²) >= 11 is 0.708. The van der Waals surface area contributed by atoms with Crippen LogP contribution in [0, 0.1) is 5.41 Å². The van der Waals surface area contributed by atoms with Gasteiger partial charge in [0.05, 0.1) is 36.2 Å². The van der Waals surface area contributed by atoms with Crippen LogP contribution in [-0.4, -0.2) is 83.2 Å². The van der Waals surface area contributed by atoms with Gasteiger partial charge in [-0.3, -0.25) is 9.20 Å². The predicted octanol–water partition coefficient (Wildman–Crippen LogP) is 2.69. The van der Waals surface area contributed by atoms with Crippen LogP contribution in [0.1, 0.15) is 45.0 Å². The number of halogens is 2. The molecule has 3 aromatic heterocycles. The number of anilines is 1. The van der Waals surface area contributed by atoms with Gasteiger partial charge in [0, 0.05) is 37.3 Å². The highest BCUT2D eigenvalue weighted by Crippen LogP contribution is 2.47. The van der Waals surface area contributed by atoms with Crippen LogP contribution >= 0.6 is 11.3 Å². The average Bonchev–Trinajstić information content (AvgIpc) is 3.26. The summed E-state index contributed by atoms with van der Waals surface area (Å²) in [5.74, 6) is 0.378. The van der Waals surface area contributed by atoms with Crippen LogP contribution < -0.4 is 9.62 Å². The van der Waals surface area contributed by atoms with Crippen molar-refractivity contribution < 1.29 is 26.7 Å². The van der Waals surface area contributed by atoms with Gasteiger partial charge in [-0.2, -0.15) is 0 Å². The third-order valence-electron chi connectivity index (χ3n) is 7.69. The number of nitrogens with zero attached hydrogens (tertiary/aromatic N) is 6. The van der Waals surface area contributed by atoms with Crippen molar-refractivity contribution in [2.24, 2.45) is 5.41 Å². The first-order valence-electron chi connectivity index (χ1n) is 12.7. The molecule has 1 N–H and O–H groups in total. The number of sulfonamides is 1. The molecular weight excluding hydrogens is 552 g/mol. The minimum atomic E-state index is -3.99. The Balaban J connectivity index is 1.40. The van der Waals surface area contributed by atoms with Crippen LogP contribution in [-0.2, 0) is 19.6 Å². The van der Waals surface area contributed by atoms with Crippen LogP contribution in [0.2, 0.25) is 0 Å². The van der Waals surface area contributed by atoms with E-state index in [1.54, 1.807) is 23.6 Å². The Morgan fingerprint density at radius 1 is 1.23 bits per heavy atom. The third kappa shape index (κ3) is 4.68. The van der Waals surface area contributed by atoms with Crippen molar-refractivity contribution in [3.63, 3.8) is 0 Å². The van der Waals surface area contributed by atoms with E-state index < -0.39 is 27.0 Å². The molecule has 3 fully saturated rings. The van der Waals surface area contributed by atoms with Gasteiger partial charge in [0.15, 0.2) is 15.8 Å². The number of carbonyl (C=O) groups is 1. The Bertz CT molecular complexity index is 1550. The molecule has 39 heavy (non-hydrogen) atoms. The van der Waals surface area contributed by atoms with Crippen molar-refractivity contribution >= 4 is 38.5 Å². The standard InChI is InChI=1S/C24H29F2N7O4S2/c1-14-10-31(6-7-32(14)22(34)23(2)4-5-23)16-8-15(39(35,36)30-24(3)12-37-13-24)11-33-17(16)9-27-19(33)21-29-28-20(38-21)18(25)26/h8-9,11,14,18,30H,4-7,10,12-13H2,1-3H3/t14-/m1/s1. The number of ether oxygens (including phenoxy) is 1. The molecule has 0 bridgehead atoms. The van der Waals surface area contributed by atoms with Crippen LogP contribution in [0.25, 0.3) is 16.3 Å².